The first kappa shape index (κ1) is 17.7. The van der Waals surface area contributed by atoms with Crippen molar-refractivity contribution in [3.05, 3.63) is 16.5 Å². The summed E-state index contributed by atoms with van der Waals surface area (Å²) in [7, 11) is -7.03. The van der Waals surface area contributed by atoms with E-state index in [1.165, 1.54) is 6.07 Å². The summed E-state index contributed by atoms with van der Waals surface area (Å²) in [5.74, 6) is 0.252. The van der Waals surface area contributed by atoms with E-state index in [1.54, 1.807) is 6.07 Å². The molecule has 0 saturated carbocycles. The van der Waals surface area contributed by atoms with Gasteiger partial charge in [-0.05, 0) is 44.0 Å². The average Bonchev–Trinajstić information content (AvgIpc) is 3.04. The number of nitrogens with zero attached hydrogens (tertiary/aromatic N) is 1. The lowest BCUT2D eigenvalue weighted by atomic mass is 9.98. The Morgan fingerprint density at radius 2 is 1.87 bits per heavy atom. The number of piperidine rings is 1. The molecule has 9 heteroatoms. The lowest BCUT2D eigenvalue weighted by molar-refractivity contribution is 0.151. The fraction of sp³-hybridized carbons (Fsp3) is 0.714. The Labute approximate surface area is 146 Å². The zero-order chi connectivity index (χ0) is 16.8. The van der Waals surface area contributed by atoms with Crippen molar-refractivity contribution in [2.45, 2.75) is 35.3 Å². The lowest BCUT2D eigenvalue weighted by Gasteiger charge is -2.36. The van der Waals surface area contributed by atoms with Gasteiger partial charge in [-0.15, -0.1) is 11.3 Å². The third kappa shape index (κ3) is 3.61. The first-order chi connectivity index (χ1) is 10.7. The largest absolute Gasteiger partial charge is 0.298 e. The topological polar surface area (TPSA) is 71.5 Å². The van der Waals surface area contributed by atoms with Gasteiger partial charge in [-0.1, -0.05) is 18.5 Å². The summed E-state index contributed by atoms with van der Waals surface area (Å²) in [5, 5.41) is -0.893. The minimum atomic E-state index is -3.69. The SMILES string of the molecule is CC1CCN([C@H]2CS(=O)(=O)C[C@@H]2S(=O)(=O)c2ccc(Cl)s2)CC1. The van der Waals surface area contributed by atoms with Crippen molar-refractivity contribution < 1.29 is 16.8 Å². The Morgan fingerprint density at radius 3 is 2.43 bits per heavy atom. The monoisotopic (exact) mass is 397 g/mol. The maximum Gasteiger partial charge on any atom is 0.193 e. The molecule has 0 unspecified atom stereocenters. The summed E-state index contributed by atoms with van der Waals surface area (Å²) < 4.78 is 50.6. The third-order valence-corrected chi connectivity index (χ3v) is 10.7. The first-order valence-corrected chi connectivity index (χ1v) is 12.2. The molecule has 3 rings (SSSR count). The van der Waals surface area contributed by atoms with Gasteiger partial charge in [0.2, 0.25) is 0 Å². The van der Waals surface area contributed by atoms with Crippen molar-refractivity contribution in [1.29, 1.82) is 0 Å². The van der Waals surface area contributed by atoms with Crippen LogP contribution in [0, 0.1) is 5.92 Å². The molecule has 0 amide bonds. The number of thiophene rings is 1. The second kappa shape index (κ2) is 6.29. The van der Waals surface area contributed by atoms with E-state index in [2.05, 4.69) is 11.8 Å². The summed E-state index contributed by atoms with van der Waals surface area (Å²) in [5.41, 5.74) is 0. The van der Waals surface area contributed by atoms with Crippen molar-refractivity contribution in [3.8, 4) is 0 Å². The minimum Gasteiger partial charge on any atom is -0.298 e. The van der Waals surface area contributed by atoms with Gasteiger partial charge in [0.05, 0.1) is 21.1 Å². The summed E-state index contributed by atoms with van der Waals surface area (Å²) in [6.07, 6.45) is 1.96. The van der Waals surface area contributed by atoms with Crippen LogP contribution in [0.5, 0.6) is 0 Å². The quantitative estimate of drug-likeness (QED) is 0.780. The molecule has 3 heterocycles. The molecule has 1 aromatic rings. The third-order valence-electron chi connectivity index (χ3n) is 4.79. The molecular weight excluding hydrogens is 378 g/mol. The van der Waals surface area contributed by atoms with Crippen molar-refractivity contribution in [2.75, 3.05) is 24.6 Å². The van der Waals surface area contributed by atoms with Crippen LogP contribution in [0.1, 0.15) is 19.8 Å². The second-order valence-corrected chi connectivity index (χ2v) is 12.8. The molecule has 23 heavy (non-hydrogen) atoms. The van der Waals surface area contributed by atoms with Crippen LogP contribution in [0.25, 0.3) is 0 Å². The van der Waals surface area contributed by atoms with Gasteiger partial charge in [0.1, 0.15) is 4.21 Å². The molecule has 130 valence electrons. The summed E-state index contributed by atoms with van der Waals surface area (Å²) in [6, 6.07) is 2.57. The average molecular weight is 398 g/mol. The Balaban J connectivity index is 1.92. The molecule has 0 radical (unpaired) electrons. The van der Waals surface area contributed by atoms with Gasteiger partial charge >= 0.3 is 0 Å². The van der Waals surface area contributed by atoms with Crippen LogP contribution >= 0.6 is 22.9 Å². The standard InChI is InChI=1S/C14H20ClNO4S3/c1-10-4-6-16(7-5-10)11-8-22(17,18)9-12(11)23(19,20)14-3-2-13(15)21-14/h2-3,10-12H,4-9H2,1H3/t11-,12-/m0/s1. The molecule has 2 fully saturated rings. The van der Waals surface area contributed by atoms with E-state index in [-0.39, 0.29) is 15.7 Å². The lowest BCUT2D eigenvalue weighted by Crippen LogP contribution is -2.49. The molecular formula is C14H20ClNO4S3. The second-order valence-electron chi connectivity index (χ2n) is 6.50. The highest BCUT2D eigenvalue weighted by Crippen LogP contribution is 2.35. The smallest absolute Gasteiger partial charge is 0.193 e. The number of rotatable bonds is 3. The Kier molecular flexibility index (Phi) is 4.83. The Bertz CT molecular complexity index is 779. The van der Waals surface area contributed by atoms with Gasteiger partial charge in [-0.2, -0.15) is 0 Å². The first-order valence-electron chi connectivity index (χ1n) is 7.63. The van der Waals surface area contributed by atoms with Crippen LogP contribution in [0.4, 0.5) is 0 Å². The Morgan fingerprint density at radius 1 is 1.22 bits per heavy atom. The fourth-order valence-electron chi connectivity index (χ4n) is 3.39. The van der Waals surface area contributed by atoms with Crippen molar-refractivity contribution in [1.82, 2.24) is 4.90 Å². The number of halogens is 1. The van der Waals surface area contributed by atoms with Gasteiger partial charge in [-0.25, -0.2) is 16.8 Å². The normalized spacial score (nSPS) is 29.8. The van der Waals surface area contributed by atoms with Crippen LogP contribution in [0.3, 0.4) is 0 Å². The summed E-state index contributed by atoms with van der Waals surface area (Å²) >= 11 is 6.85. The van der Waals surface area contributed by atoms with E-state index in [9.17, 15) is 16.8 Å². The van der Waals surface area contributed by atoms with E-state index in [0.717, 1.165) is 37.3 Å². The summed E-state index contributed by atoms with van der Waals surface area (Å²) in [6.45, 7) is 3.70. The maximum absolute atomic E-state index is 12.9. The van der Waals surface area contributed by atoms with Gasteiger partial charge in [0.15, 0.2) is 19.7 Å². The molecule has 1 aromatic heterocycles. The Hall–Kier alpha value is -0.150. The van der Waals surface area contributed by atoms with Crippen molar-refractivity contribution >= 4 is 42.6 Å². The van der Waals surface area contributed by atoms with E-state index >= 15 is 0 Å². The number of likely N-dealkylation sites (tertiary alicyclic amines) is 1. The predicted octanol–water partition coefficient (Wildman–Crippen LogP) is 2.07. The van der Waals surface area contributed by atoms with Crippen molar-refractivity contribution in [3.63, 3.8) is 0 Å². The van der Waals surface area contributed by atoms with Crippen molar-refractivity contribution in [2.24, 2.45) is 5.92 Å². The molecule has 0 spiro atoms. The van der Waals surface area contributed by atoms with Crippen LogP contribution in [0.15, 0.2) is 16.3 Å². The molecule has 0 aliphatic carbocycles. The van der Waals surface area contributed by atoms with E-state index in [1.807, 2.05) is 0 Å². The fourth-order valence-corrected chi connectivity index (χ4v) is 9.93. The van der Waals surface area contributed by atoms with Gasteiger partial charge in [0, 0.05) is 6.04 Å². The zero-order valence-electron chi connectivity index (χ0n) is 12.8. The van der Waals surface area contributed by atoms with E-state index in [0.29, 0.717) is 10.3 Å². The van der Waals surface area contributed by atoms with Crippen LogP contribution < -0.4 is 0 Å². The molecule has 2 atom stereocenters. The van der Waals surface area contributed by atoms with E-state index in [4.69, 9.17) is 11.6 Å². The number of sulfone groups is 2. The predicted molar refractivity (Wildman–Crippen MR) is 92.7 cm³/mol. The molecule has 0 aromatic carbocycles. The molecule has 2 aliphatic rings. The molecule has 2 saturated heterocycles. The van der Waals surface area contributed by atoms with Crippen LogP contribution in [-0.4, -0.2) is 57.6 Å². The molecule has 2 aliphatic heterocycles. The minimum absolute atomic E-state index is 0.0651. The summed E-state index contributed by atoms with van der Waals surface area (Å²) in [4.78, 5) is 2.06. The van der Waals surface area contributed by atoms with Gasteiger partial charge < -0.3 is 0 Å². The van der Waals surface area contributed by atoms with Crippen LogP contribution in [-0.2, 0) is 19.7 Å². The molecule has 0 bridgehead atoms. The highest BCUT2D eigenvalue weighted by Gasteiger charge is 2.48. The van der Waals surface area contributed by atoms with Gasteiger partial charge in [-0.3, -0.25) is 4.90 Å². The highest BCUT2D eigenvalue weighted by molar-refractivity contribution is 7.97. The molecule has 5 nitrogen and oxygen atoms in total. The number of hydrogen-bond donors (Lipinski definition) is 0. The van der Waals surface area contributed by atoms with Crippen LogP contribution in [0.2, 0.25) is 4.34 Å². The maximum atomic E-state index is 12.9. The number of hydrogen-bond acceptors (Lipinski definition) is 6. The van der Waals surface area contributed by atoms with E-state index < -0.39 is 31.0 Å². The highest BCUT2D eigenvalue weighted by atomic mass is 35.5. The molecule has 0 N–H and O–H groups in total. The zero-order valence-corrected chi connectivity index (χ0v) is 16.0. The van der Waals surface area contributed by atoms with Gasteiger partial charge in [0.25, 0.3) is 0 Å².